The number of rotatable bonds is 7. The molecule has 0 aliphatic rings. The van der Waals surface area contributed by atoms with Crippen LogP contribution in [-0.4, -0.2) is 68.1 Å². The van der Waals surface area contributed by atoms with E-state index in [0.717, 1.165) is 13.1 Å². The molecule has 0 atom stereocenters. The summed E-state index contributed by atoms with van der Waals surface area (Å²) in [5.41, 5.74) is 5.32. The number of amides is 1. The number of nitrogens with two attached hydrogens (primary N) is 1. The molecule has 0 aromatic rings. The maximum absolute atomic E-state index is 12.4. The highest BCUT2D eigenvalue weighted by atomic mass is 16.2. The van der Waals surface area contributed by atoms with Crippen LogP contribution in [0, 0.1) is 0 Å². The summed E-state index contributed by atoms with van der Waals surface area (Å²) in [6.07, 6.45) is 1.32. The van der Waals surface area contributed by atoms with Gasteiger partial charge in [0.25, 0.3) is 0 Å². The first-order valence-corrected chi connectivity index (χ1v) is 6.87. The molecule has 0 aromatic heterocycles. The average molecular weight is 272 g/mol. The van der Waals surface area contributed by atoms with E-state index < -0.39 is 5.54 Å². The van der Waals surface area contributed by atoms with E-state index in [-0.39, 0.29) is 11.4 Å². The molecule has 0 spiro atoms. The topological polar surface area (TPSA) is 61.6 Å². The predicted octanol–water partition coefficient (Wildman–Crippen LogP) is 0.502. The first-order chi connectivity index (χ1) is 8.46. The summed E-state index contributed by atoms with van der Waals surface area (Å²) in [6.45, 7) is 7.54. The summed E-state index contributed by atoms with van der Waals surface area (Å²) in [6, 6.07) is 0. The fraction of sp³-hybridized carbons (Fsp3) is 0.929. The molecule has 0 saturated heterocycles. The highest BCUT2D eigenvalue weighted by Gasteiger charge is 2.35. The van der Waals surface area contributed by atoms with Gasteiger partial charge >= 0.3 is 0 Å². The molecule has 0 rings (SSSR count). The van der Waals surface area contributed by atoms with Crippen LogP contribution in [0.1, 0.15) is 33.6 Å². The molecule has 0 saturated carbocycles. The minimum absolute atomic E-state index is 0.0521. The molecule has 5 nitrogen and oxygen atoms in total. The first kappa shape index (κ1) is 18.4. The number of carbonyl (C=O) groups excluding carboxylic acids is 1. The molecule has 1 amide bonds. The van der Waals surface area contributed by atoms with Crippen molar-refractivity contribution in [3.05, 3.63) is 0 Å². The van der Waals surface area contributed by atoms with E-state index in [4.69, 9.17) is 5.73 Å². The number of carbonyl (C=O) groups is 1. The van der Waals surface area contributed by atoms with E-state index in [1.54, 1.807) is 0 Å². The number of nitrogens with zero attached hydrogens (tertiary/aromatic N) is 2. The Kier molecular flexibility index (Phi) is 6.97. The van der Waals surface area contributed by atoms with Gasteiger partial charge < -0.3 is 20.9 Å². The molecule has 0 aliphatic carbocycles. The number of hydrogen-bond donors (Lipinski definition) is 2. The molecular weight excluding hydrogens is 240 g/mol. The number of hydrogen-bond acceptors (Lipinski definition) is 4. The van der Waals surface area contributed by atoms with Crippen molar-refractivity contribution in [2.45, 2.75) is 44.7 Å². The lowest BCUT2D eigenvalue weighted by Crippen LogP contribution is -2.59. The lowest BCUT2D eigenvalue weighted by Gasteiger charge is -2.34. The van der Waals surface area contributed by atoms with E-state index in [1.165, 1.54) is 0 Å². The normalized spacial score (nSPS) is 13.2. The van der Waals surface area contributed by atoms with Gasteiger partial charge in [0.05, 0.1) is 5.54 Å². The second-order valence-corrected chi connectivity index (χ2v) is 6.97. The van der Waals surface area contributed by atoms with Gasteiger partial charge in [-0.1, -0.05) is 0 Å². The van der Waals surface area contributed by atoms with E-state index >= 15 is 0 Å². The molecule has 0 aliphatic heterocycles. The Balaban J connectivity index is 4.76. The zero-order valence-electron chi connectivity index (χ0n) is 13.7. The van der Waals surface area contributed by atoms with Gasteiger partial charge in [0.15, 0.2) is 0 Å². The van der Waals surface area contributed by atoms with Gasteiger partial charge in [-0.15, -0.1) is 0 Å². The van der Waals surface area contributed by atoms with Crippen molar-refractivity contribution in [2.75, 3.05) is 41.3 Å². The molecular formula is C14H32N4O. The van der Waals surface area contributed by atoms with Crippen LogP contribution in [0.3, 0.4) is 0 Å². The van der Waals surface area contributed by atoms with Crippen molar-refractivity contribution in [3.8, 4) is 0 Å². The molecule has 3 N–H and O–H groups in total. The van der Waals surface area contributed by atoms with Crippen LogP contribution in [0.4, 0.5) is 0 Å². The number of nitrogens with one attached hydrogen (secondary N) is 1. The van der Waals surface area contributed by atoms with Crippen LogP contribution in [0.15, 0.2) is 0 Å². The third-order valence-corrected chi connectivity index (χ3v) is 2.95. The summed E-state index contributed by atoms with van der Waals surface area (Å²) < 4.78 is 0. The lowest BCUT2D eigenvalue weighted by molar-refractivity contribution is -0.128. The highest BCUT2D eigenvalue weighted by Crippen LogP contribution is 2.15. The van der Waals surface area contributed by atoms with Gasteiger partial charge in [-0.3, -0.25) is 4.79 Å². The Bertz CT molecular complexity index is 270. The van der Waals surface area contributed by atoms with Crippen molar-refractivity contribution in [1.82, 2.24) is 15.1 Å². The van der Waals surface area contributed by atoms with Gasteiger partial charge in [0.1, 0.15) is 0 Å². The summed E-state index contributed by atoms with van der Waals surface area (Å²) in [7, 11) is 7.98. The molecule has 0 unspecified atom stereocenters. The van der Waals surface area contributed by atoms with E-state index in [2.05, 4.69) is 15.1 Å². The van der Waals surface area contributed by atoms with E-state index in [0.29, 0.717) is 12.8 Å². The summed E-state index contributed by atoms with van der Waals surface area (Å²) in [5, 5.41) is 3.01. The third-order valence-electron chi connectivity index (χ3n) is 2.95. The maximum atomic E-state index is 12.4. The van der Waals surface area contributed by atoms with Gasteiger partial charge in [-0.2, -0.15) is 0 Å². The predicted molar refractivity (Wildman–Crippen MR) is 81.2 cm³/mol. The van der Waals surface area contributed by atoms with Gasteiger partial charge in [-0.05, 0) is 74.9 Å². The van der Waals surface area contributed by atoms with E-state index in [9.17, 15) is 4.79 Å². The van der Waals surface area contributed by atoms with Crippen molar-refractivity contribution in [3.63, 3.8) is 0 Å². The fourth-order valence-corrected chi connectivity index (χ4v) is 1.66. The van der Waals surface area contributed by atoms with Crippen molar-refractivity contribution < 1.29 is 4.79 Å². The first-order valence-electron chi connectivity index (χ1n) is 6.87. The second kappa shape index (κ2) is 7.22. The van der Waals surface area contributed by atoms with Crippen LogP contribution < -0.4 is 11.1 Å². The molecule has 19 heavy (non-hydrogen) atoms. The van der Waals surface area contributed by atoms with Gasteiger partial charge in [-0.25, -0.2) is 0 Å². The lowest BCUT2D eigenvalue weighted by atomic mass is 9.89. The Labute approximate surface area is 118 Å². The monoisotopic (exact) mass is 272 g/mol. The molecule has 0 aromatic carbocycles. The standard InChI is InChI=1S/C14H32N4O/c1-13(2,3)16-12(19)14(15,8-10-17(4)5)9-11-18(6)7/h8-11,15H2,1-7H3,(H,16,19). The van der Waals surface area contributed by atoms with Crippen molar-refractivity contribution in [1.29, 1.82) is 0 Å². The second-order valence-electron chi connectivity index (χ2n) is 6.97. The molecule has 0 fully saturated rings. The highest BCUT2D eigenvalue weighted by molar-refractivity contribution is 5.86. The Morgan fingerprint density at radius 2 is 1.37 bits per heavy atom. The van der Waals surface area contributed by atoms with Gasteiger partial charge in [0.2, 0.25) is 5.91 Å². The maximum Gasteiger partial charge on any atom is 0.240 e. The Morgan fingerprint density at radius 1 is 1.00 bits per heavy atom. The van der Waals surface area contributed by atoms with Crippen LogP contribution in [-0.2, 0) is 4.79 Å². The summed E-state index contributed by atoms with van der Waals surface area (Å²) in [4.78, 5) is 16.5. The molecule has 0 heterocycles. The van der Waals surface area contributed by atoms with Crippen molar-refractivity contribution >= 4 is 5.91 Å². The van der Waals surface area contributed by atoms with Crippen LogP contribution in [0.2, 0.25) is 0 Å². The van der Waals surface area contributed by atoms with E-state index in [1.807, 2.05) is 49.0 Å². The largest absolute Gasteiger partial charge is 0.350 e. The van der Waals surface area contributed by atoms with Crippen LogP contribution in [0.5, 0.6) is 0 Å². The van der Waals surface area contributed by atoms with Crippen LogP contribution >= 0.6 is 0 Å². The quantitative estimate of drug-likeness (QED) is 0.708. The molecule has 0 bridgehead atoms. The SMILES string of the molecule is CN(C)CCC(N)(CCN(C)C)C(=O)NC(C)(C)C. The van der Waals surface area contributed by atoms with Gasteiger partial charge in [0, 0.05) is 5.54 Å². The zero-order chi connectivity index (χ0) is 15.3. The third kappa shape index (κ3) is 8.18. The Hall–Kier alpha value is -0.650. The molecule has 114 valence electrons. The fourth-order valence-electron chi connectivity index (χ4n) is 1.66. The summed E-state index contributed by atoms with van der Waals surface area (Å²) in [5.74, 6) is -0.0521. The average Bonchev–Trinajstić information content (AvgIpc) is 2.21. The minimum atomic E-state index is -0.804. The molecule has 5 heteroatoms. The van der Waals surface area contributed by atoms with Crippen molar-refractivity contribution in [2.24, 2.45) is 5.73 Å². The Morgan fingerprint density at radius 3 is 1.63 bits per heavy atom. The summed E-state index contributed by atoms with van der Waals surface area (Å²) >= 11 is 0. The molecule has 0 radical (unpaired) electrons. The smallest absolute Gasteiger partial charge is 0.240 e. The zero-order valence-corrected chi connectivity index (χ0v) is 13.7. The minimum Gasteiger partial charge on any atom is -0.350 e. The van der Waals surface area contributed by atoms with Crippen LogP contribution in [0.25, 0.3) is 0 Å².